The Balaban J connectivity index is 4.36. The lowest BCUT2D eigenvalue weighted by atomic mass is 9.89. The molecule has 0 heterocycles. The predicted octanol–water partition coefficient (Wildman–Crippen LogP) is 3.53. The number of hydrogen-bond donors (Lipinski definition) is 1. The average molecular weight is 184 g/mol. The molecule has 0 rings (SSSR count). The normalized spacial score (nSPS) is 15.2. The average Bonchev–Trinajstić information content (AvgIpc) is 2.11. The molecule has 0 aliphatic rings. The molecule has 0 aliphatic heterocycles. The van der Waals surface area contributed by atoms with Crippen LogP contribution in [-0.2, 0) is 0 Å². The zero-order valence-corrected chi connectivity index (χ0v) is 9.72. The third kappa shape index (κ3) is 3.95. The van der Waals surface area contributed by atoms with Gasteiger partial charge >= 0.3 is 0 Å². The van der Waals surface area contributed by atoms with Crippen molar-refractivity contribution in [3.8, 4) is 0 Å². The van der Waals surface area contributed by atoms with Gasteiger partial charge in [-0.1, -0.05) is 32.3 Å². The molecule has 0 aromatic heterocycles. The second-order valence-corrected chi connectivity index (χ2v) is 4.08. The second-order valence-electron chi connectivity index (χ2n) is 4.08. The maximum absolute atomic E-state index is 10.0. The van der Waals surface area contributed by atoms with Crippen molar-refractivity contribution in [2.24, 2.45) is 5.92 Å². The fourth-order valence-electron chi connectivity index (χ4n) is 1.61. The van der Waals surface area contributed by atoms with E-state index in [0.29, 0.717) is 5.92 Å². The second kappa shape index (κ2) is 6.20. The van der Waals surface area contributed by atoms with E-state index in [1.807, 2.05) is 6.92 Å². The summed E-state index contributed by atoms with van der Waals surface area (Å²) in [6.07, 6.45) is 3.13. The highest BCUT2D eigenvalue weighted by atomic mass is 16.3. The van der Waals surface area contributed by atoms with E-state index in [-0.39, 0.29) is 6.10 Å². The molecule has 0 spiro atoms. The van der Waals surface area contributed by atoms with Crippen LogP contribution in [0.1, 0.15) is 53.9 Å². The van der Waals surface area contributed by atoms with Crippen LogP contribution in [0.2, 0.25) is 0 Å². The van der Waals surface area contributed by atoms with Crippen molar-refractivity contribution in [2.75, 3.05) is 0 Å². The monoisotopic (exact) mass is 184 g/mol. The van der Waals surface area contributed by atoms with Gasteiger partial charge in [0.05, 0.1) is 6.10 Å². The smallest absolute Gasteiger partial charge is 0.0777 e. The molecule has 2 atom stereocenters. The zero-order chi connectivity index (χ0) is 10.4. The van der Waals surface area contributed by atoms with Crippen molar-refractivity contribution < 1.29 is 5.11 Å². The van der Waals surface area contributed by atoms with Crippen LogP contribution < -0.4 is 0 Å². The first-order chi connectivity index (χ1) is 6.04. The van der Waals surface area contributed by atoms with Gasteiger partial charge in [-0.25, -0.2) is 0 Å². The molecule has 2 unspecified atom stereocenters. The highest BCUT2D eigenvalue weighted by Gasteiger charge is 2.18. The minimum atomic E-state index is -0.227. The largest absolute Gasteiger partial charge is 0.388 e. The lowest BCUT2D eigenvalue weighted by Crippen LogP contribution is -2.21. The first-order valence-electron chi connectivity index (χ1n) is 5.36. The molecule has 0 aliphatic carbocycles. The van der Waals surface area contributed by atoms with Gasteiger partial charge in [0.25, 0.3) is 0 Å². The molecule has 0 aromatic rings. The molecular weight excluding hydrogens is 160 g/mol. The minimum absolute atomic E-state index is 0.227. The van der Waals surface area contributed by atoms with Crippen molar-refractivity contribution in [1.29, 1.82) is 0 Å². The van der Waals surface area contributed by atoms with E-state index in [1.54, 1.807) is 0 Å². The van der Waals surface area contributed by atoms with Crippen molar-refractivity contribution in [3.05, 3.63) is 11.1 Å². The van der Waals surface area contributed by atoms with E-state index >= 15 is 0 Å². The summed E-state index contributed by atoms with van der Waals surface area (Å²) >= 11 is 0. The summed E-state index contributed by atoms with van der Waals surface area (Å²) in [5, 5.41) is 10.0. The molecule has 1 N–H and O–H groups in total. The van der Waals surface area contributed by atoms with E-state index in [1.165, 1.54) is 5.57 Å². The van der Waals surface area contributed by atoms with Crippen LogP contribution in [-0.4, -0.2) is 11.2 Å². The maximum Gasteiger partial charge on any atom is 0.0777 e. The van der Waals surface area contributed by atoms with Gasteiger partial charge in [-0.3, -0.25) is 0 Å². The summed E-state index contributed by atoms with van der Waals surface area (Å²) in [6, 6.07) is 0. The van der Waals surface area contributed by atoms with Crippen LogP contribution in [0.25, 0.3) is 0 Å². The van der Waals surface area contributed by atoms with Crippen LogP contribution in [0.15, 0.2) is 11.1 Å². The van der Waals surface area contributed by atoms with Crippen LogP contribution in [0.5, 0.6) is 0 Å². The number of allylic oxidation sites excluding steroid dienone is 1. The molecule has 0 fully saturated rings. The van der Waals surface area contributed by atoms with Crippen LogP contribution in [0.4, 0.5) is 0 Å². The summed E-state index contributed by atoms with van der Waals surface area (Å²) in [5.41, 5.74) is 2.40. The number of aliphatic hydroxyl groups excluding tert-OH is 1. The summed E-state index contributed by atoms with van der Waals surface area (Å²) in [4.78, 5) is 0. The Morgan fingerprint density at radius 3 is 2.00 bits per heavy atom. The molecular formula is C12H24O. The van der Waals surface area contributed by atoms with Gasteiger partial charge in [0.1, 0.15) is 0 Å². The van der Waals surface area contributed by atoms with E-state index in [4.69, 9.17) is 0 Å². The predicted molar refractivity (Wildman–Crippen MR) is 58.7 cm³/mol. The van der Waals surface area contributed by atoms with Gasteiger partial charge < -0.3 is 5.11 Å². The van der Waals surface area contributed by atoms with Gasteiger partial charge in [-0.2, -0.15) is 0 Å². The summed E-state index contributed by atoms with van der Waals surface area (Å²) in [7, 11) is 0. The topological polar surface area (TPSA) is 20.2 Å². The Bertz CT molecular complexity index is 166. The number of aliphatic hydroxyl groups is 1. The van der Waals surface area contributed by atoms with Crippen LogP contribution in [0.3, 0.4) is 0 Å². The van der Waals surface area contributed by atoms with Crippen molar-refractivity contribution in [2.45, 2.75) is 60.0 Å². The Kier molecular flexibility index (Phi) is 6.06. The van der Waals surface area contributed by atoms with E-state index in [2.05, 4.69) is 27.7 Å². The van der Waals surface area contributed by atoms with Crippen LogP contribution >= 0.6 is 0 Å². The van der Waals surface area contributed by atoms with Crippen molar-refractivity contribution >= 4 is 0 Å². The third-order valence-electron chi connectivity index (χ3n) is 2.86. The van der Waals surface area contributed by atoms with E-state index < -0.39 is 0 Å². The van der Waals surface area contributed by atoms with Gasteiger partial charge in [-0.05, 0) is 38.7 Å². The molecule has 0 bridgehead atoms. The molecule has 0 saturated carbocycles. The minimum Gasteiger partial charge on any atom is -0.388 e. The molecule has 1 nitrogen and oxygen atoms in total. The summed E-state index contributed by atoms with van der Waals surface area (Å²) in [6.45, 7) is 10.5. The number of rotatable bonds is 5. The third-order valence-corrected chi connectivity index (χ3v) is 2.86. The van der Waals surface area contributed by atoms with E-state index in [9.17, 15) is 5.11 Å². The quantitative estimate of drug-likeness (QED) is 0.648. The lowest BCUT2D eigenvalue weighted by molar-refractivity contribution is 0.131. The number of hydrogen-bond acceptors (Lipinski definition) is 1. The first-order valence-corrected chi connectivity index (χ1v) is 5.36. The Labute approximate surface area is 82.9 Å². The highest BCUT2D eigenvalue weighted by molar-refractivity contribution is 5.12. The van der Waals surface area contributed by atoms with E-state index in [0.717, 1.165) is 24.8 Å². The standard InChI is InChI=1S/C12H24O/c1-6-8-11(7-2)12(13)10(5)9(3)4/h11-13H,6-8H2,1-5H3. The van der Waals surface area contributed by atoms with Crippen LogP contribution in [0, 0.1) is 5.92 Å². The molecule has 0 radical (unpaired) electrons. The Morgan fingerprint density at radius 2 is 1.69 bits per heavy atom. The Morgan fingerprint density at radius 1 is 1.15 bits per heavy atom. The molecule has 0 saturated heterocycles. The Hall–Kier alpha value is -0.300. The molecule has 13 heavy (non-hydrogen) atoms. The van der Waals surface area contributed by atoms with Gasteiger partial charge in [0, 0.05) is 0 Å². The van der Waals surface area contributed by atoms with Gasteiger partial charge in [0.15, 0.2) is 0 Å². The fourth-order valence-corrected chi connectivity index (χ4v) is 1.61. The van der Waals surface area contributed by atoms with Gasteiger partial charge in [0.2, 0.25) is 0 Å². The zero-order valence-electron chi connectivity index (χ0n) is 9.72. The molecule has 0 aromatic carbocycles. The van der Waals surface area contributed by atoms with Crippen molar-refractivity contribution in [3.63, 3.8) is 0 Å². The molecule has 1 heteroatoms. The fraction of sp³-hybridized carbons (Fsp3) is 0.833. The summed E-state index contributed by atoms with van der Waals surface area (Å²) < 4.78 is 0. The molecule has 78 valence electrons. The SMILES string of the molecule is CCCC(CC)C(O)C(C)=C(C)C. The van der Waals surface area contributed by atoms with Crippen molar-refractivity contribution in [1.82, 2.24) is 0 Å². The van der Waals surface area contributed by atoms with Gasteiger partial charge in [-0.15, -0.1) is 0 Å². The molecule has 0 amide bonds. The first kappa shape index (κ1) is 12.7. The lowest BCUT2D eigenvalue weighted by Gasteiger charge is -2.22. The maximum atomic E-state index is 10.0. The summed E-state index contributed by atoms with van der Waals surface area (Å²) in [5.74, 6) is 0.444. The highest BCUT2D eigenvalue weighted by Crippen LogP contribution is 2.22.